The van der Waals surface area contributed by atoms with Gasteiger partial charge in [-0.05, 0) is 18.8 Å². The van der Waals surface area contributed by atoms with Gasteiger partial charge in [-0.3, -0.25) is 0 Å². The molecule has 0 saturated heterocycles. The topological polar surface area (TPSA) is 0 Å². The summed E-state index contributed by atoms with van der Waals surface area (Å²) in [4.78, 5) is 0. The van der Waals surface area contributed by atoms with Gasteiger partial charge in [-0.15, -0.1) is 6.58 Å². The molecule has 1 unspecified atom stereocenters. The van der Waals surface area contributed by atoms with Crippen LogP contribution in [0.3, 0.4) is 0 Å². The molecule has 0 fully saturated rings. The summed E-state index contributed by atoms with van der Waals surface area (Å²) in [5, 5.41) is 0. The fourth-order valence-electron chi connectivity index (χ4n) is 2.25. The molecule has 0 aromatic rings. The van der Waals surface area contributed by atoms with Gasteiger partial charge in [0.1, 0.15) is 0 Å². The van der Waals surface area contributed by atoms with Gasteiger partial charge in [0.25, 0.3) is 0 Å². The van der Waals surface area contributed by atoms with E-state index in [0.29, 0.717) is 0 Å². The first kappa shape index (κ1) is 14.7. The van der Waals surface area contributed by atoms with Crippen LogP contribution >= 0.6 is 0 Å². The van der Waals surface area contributed by atoms with Crippen LogP contribution in [-0.2, 0) is 0 Å². The van der Waals surface area contributed by atoms with Crippen LogP contribution in [0.5, 0.6) is 0 Å². The van der Waals surface area contributed by atoms with Gasteiger partial charge in [0, 0.05) is 0 Å². The molecule has 0 aromatic carbocycles. The van der Waals surface area contributed by atoms with E-state index in [2.05, 4.69) is 26.5 Å². The fourth-order valence-corrected chi connectivity index (χ4v) is 2.25. The first-order chi connectivity index (χ1) is 7.35. The highest BCUT2D eigenvalue weighted by Gasteiger charge is 2.06. The van der Waals surface area contributed by atoms with Crippen LogP contribution in [0.1, 0.15) is 78.1 Å². The van der Waals surface area contributed by atoms with Crippen molar-refractivity contribution in [2.45, 2.75) is 78.1 Å². The van der Waals surface area contributed by atoms with E-state index in [9.17, 15) is 0 Å². The van der Waals surface area contributed by atoms with E-state index < -0.39 is 0 Å². The Hall–Kier alpha value is -0.260. The Balaban J connectivity index is 3.48. The minimum Gasteiger partial charge on any atom is -0.103 e. The van der Waals surface area contributed by atoms with Crippen molar-refractivity contribution in [2.75, 3.05) is 0 Å². The quantitative estimate of drug-likeness (QED) is 0.302. The van der Waals surface area contributed by atoms with Crippen LogP contribution in [0.4, 0.5) is 0 Å². The Morgan fingerprint density at radius 1 is 0.867 bits per heavy atom. The summed E-state index contributed by atoms with van der Waals surface area (Å²) in [7, 11) is 0. The van der Waals surface area contributed by atoms with Crippen LogP contribution < -0.4 is 0 Å². The molecule has 0 heteroatoms. The first-order valence-electron chi connectivity index (χ1n) is 6.96. The summed E-state index contributed by atoms with van der Waals surface area (Å²) in [6.07, 6.45) is 16.0. The fraction of sp³-hybridized carbons (Fsp3) is 0.867. The molecule has 0 aromatic heterocycles. The standard InChI is InChI=1S/C15H30/c1-4-7-9-11-14-15(12-6-3)13-10-8-5-2/h5,15H,2,4,6-14H2,1,3H3. The van der Waals surface area contributed by atoms with E-state index in [4.69, 9.17) is 0 Å². The van der Waals surface area contributed by atoms with Crippen molar-refractivity contribution in [3.05, 3.63) is 12.7 Å². The van der Waals surface area contributed by atoms with Crippen molar-refractivity contribution in [2.24, 2.45) is 5.92 Å². The summed E-state index contributed by atoms with van der Waals surface area (Å²) < 4.78 is 0. The highest BCUT2D eigenvalue weighted by molar-refractivity contribution is 4.68. The number of allylic oxidation sites excluding steroid dienone is 1. The smallest absolute Gasteiger partial charge is 0.0353 e. The Morgan fingerprint density at radius 2 is 1.60 bits per heavy atom. The second kappa shape index (κ2) is 11.8. The minimum atomic E-state index is 0.992. The van der Waals surface area contributed by atoms with E-state index in [1.807, 2.05) is 0 Å². The second-order valence-corrected chi connectivity index (χ2v) is 4.72. The van der Waals surface area contributed by atoms with Crippen molar-refractivity contribution in [3.8, 4) is 0 Å². The molecule has 1 atom stereocenters. The zero-order valence-corrected chi connectivity index (χ0v) is 10.9. The maximum Gasteiger partial charge on any atom is -0.0353 e. The highest BCUT2D eigenvalue weighted by atomic mass is 14.1. The Kier molecular flexibility index (Phi) is 11.6. The second-order valence-electron chi connectivity index (χ2n) is 4.72. The van der Waals surface area contributed by atoms with Gasteiger partial charge < -0.3 is 0 Å². The maximum atomic E-state index is 3.79. The van der Waals surface area contributed by atoms with Gasteiger partial charge in [-0.1, -0.05) is 71.3 Å². The molecular formula is C15H30. The molecule has 0 saturated carbocycles. The number of rotatable bonds is 11. The van der Waals surface area contributed by atoms with Gasteiger partial charge in [-0.25, -0.2) is 0 Å². The van der Waals surface area contributed by atoms with Gasteiger partial charge in [0.2, 0.25) is 0 Å². The lowest BCUT2D eigenvalue weighted by Crippen LogP contribution is -2.00. The molecule has 90 valence electrons. The van der Waals surface area contributed by atoms with Crippen LogP contribution in [0.2, 0.25) is 0 Å². The number of hydrogen-bond donors (Lipinski definition) is 0. The normalized spacial score (nSPS) is 12.7. The average molecular weight is 210 g/mol. The zero-order valence-electron chi connectivity index (χ0n) is 10.9. The van der Waals surface area contributed by atoms with Crippen LogP contribution in [0.15, 0.2) is 12.7 Å². The molecule has 0 radical (unpaired) electrons. The van der Waals surface area contributed by atoms with Crippen LogP contribution in [-0.4, -0.2) is 0 Å². The van der Waals surface area contributed by atoms with Crippen LogP contribution in [0.25, 0.3) is 0 Å². The van der Waals surface area contributed by atoms with Gasteiger partial charge in [0.05, 0.1) is 0 Å². The van der Waals surface area contributed by atoms with E-state index in [1.165, 1.54) is 64.2 Å². The molecule has 0 aliphatic carbocycles. The average Bonchev–Trinajstić information content (AvgIpc) is 2.24. The molecule has 0 aliphatic rings. The van der Waals surface area contributed by atoms with Crippen molar-refractivity contribution < 1.29 is 0 Å². The van der Waals surface area contributed by atoms with E-state index in [0.717, 1.165) is 5.92 Å². The van der Waals surface area contributed by atoms with Crippen molar-refractivity contribution in [1.82, 2.24) is 0 Å². The van der Waals surface area contributed by atoms with Crippen molar-refractivity contribution in [3.63, 3.8) is 0 Å². The maximum absolute atomic E-state index is 3.79. The molecule has 0 aliphatic heterocycles. The van der Waals surface area contributed by atoms with E-state index >= 15 is 0 Å². The molecule has 0 bridgehead atoms. The largest absolute Gasteiger partial charge is 0.103 e. The monoisotopic (exact) mass is 210 g/mol. The minimum absolute atomic E-state index is 0.992. The number of unbranched alkanes of at least 4 members (excludes halogenated alkanes) is 4. The molecule has 15 heavy (non-hydrogen) atoms. The summed E-state index contributed by atoms with van der Waals surface area (Å²) in [5.41, 5.74) is 0. The summed E-state index contributed by atoms with van der Waals surface area (Å²) in [5.74, 6) is 0.992. The Labute approximate surface area is 97.2 Å². The van der Waals surface area contributed by atoms with E-state index in [1.54, 1.807) is 0 Å². The van der Waals surface area contributed by atoms with Gasteiger partial charge >= 0.3 is 0 Å². The zero-order chi connectivity index (χ0) is 11.4. The molecule has 0 spiro atoms. The lowest BCUT2D eigenvalue weighted by atomic mass is 9.91. The third-order valence-corrected chi connectivity index (χ3v) is 3.18. The molecule has 0 amide bonds. The Morgan fingerprint density at radius 3 is 2.20 bits per heavy atom. The molecule has 0 rings (SSSR count). The highest BCUT2D eigenvalue weighted by Crippen LogP contribution is 2.21. The van der Waals surface area contributed by atoms with Crippen molar-refractivity contribution >= 4 is 0 Å². The predicted molar refractivity (Wildman–Crippen MR) is 71.2 cm³/mol. The number of hydrogen-bond acceptors (Lipinski definition) is 0. The molecule has 0 N–H and O–H groups in total. The van der Waals surface area contributed by atoms with Crippen LogP contribution in [0, 0.1) is 5.92 Å². The van der Waals surface area contributed by atoms with Gasteiger partial charge in [-0.2, -0.15) is 0 Å². The molecule has 0 nitrogen and oxygen atoms in total. The third kappa shape index (κ3) is 10.0. The predicted octanol–water partition coefficient (Wildman–Crippen LogP) is 5.73. The first-order valence-corrected chi connectivity index (χ1v) is 6.96. The summed E-state index contributed by atoms with van der Waals surface area (Å²) in [6.45, 7) is 8.39. The van der Waals surface area contributed by atoms with Gasteiger partial charge in [0.15, 0.2) is 0 Å². The Bertz CT molecular complexity index is 126. The third-order valence-electron chi connectivity index (χ3n) is 3.18. The molecule has 0 heterocycles. The molecular weight excluding hydrogens is 180 g/mol. The van der Waals surface area contributed by atoms with Crippen molar-refractivity contribution in [1.29, 1.82) is 0 Å². The SMILES string of the molecule is C=CCCCC(CCC)CCCCCC. The summed E-state index contributed by atoms with van der Waals surface area (Å²) >= 11 is 0. The lowest BCUT2D eigenvalue weighted by Gasteiger charge is -2.15. The summed E-state index contributed by atoms with van der Waals surface area (Å²) in [6, 6.07) is 0. The van der Waals surface area contributed by atoms with E-state index in [-0.39, 0.29) is 0 Å². The lowest BCUT2D eigenvalue weighted by molar-refractivity contribution is 0.387.